The summed E-state index contributed by atoms with van der Waals surface area (Å²) in [7, 11) is 2.60. The summed E-state index contributed by atoms with van der Waals surface area (Å²) in [6.45, 7) is 3.88. The maximum atomic E-state index is 12.9. The van der Waals surface area contributed by atoms with Gasteiger partial charge in [0.05, 0.1) is 31.4 Å². The molecule has 1 aromatic rings. The van der Waals surface area contributed by atoms with E-state index in [0.29, 0.717) is 24.0 Å². The summed E-state index contributed by atoms with van der Waals surface area (Å²) in [6, 6.07) is 9.60. The Kier molecular flexibility index (Phi) is 5.68. The van der Waals surface area contributed by atoms with Crippen LogP contribution >= 0.6 is 0 Å². The van der Waals surface area contributed by atoms with Crippen molar-refractivity contribution >= 4 is 17.8 Å². The molecule has 0 aromatic heterocycles. The number of carbonyl (C=O) groups excluding carboxylic acids is 3. The summed E-state index contributed by atoms with van der Waals surface area (Å²) >= 11 is 0. The Hall–Kier alpha value is -2.89. The van der Waals surface area contributed by atoms with Crippen molar-refractivity contribution in [1.82, 2.24) is 4.90 Å². The number of rotatable bonds is 4. The fourth-order valence-electron chi connectivity index (χ4n) is 4.26. The number of hydrogen-bond acceptors (Lipinski definition) is 5. The third-order valence-electron chi connectivity index (χ3n) is 5.56. The summed E-state index contributed by atoms with van der Waals surface area (Å²) in [6.07, 6.45) is 1.02. The van der Waals surface area contributed by atoms with Crippen LogP contribution in [0, 0.1) is 5.92 Å². The molecule has 1 heterocycles. The number of nitrogens with zero attached hydrogens (tertiary/aromatic N) is 1. The van der Waals surface area contributed by atoms with Crippen molar-refractivity contribution in [2.24, 2.45) is 5.92 Å². The molecule has 1 aliphatic heterocycles. The normalized spacial score (nSPS) is 20.6. The number of esters is 2. The Morgan fingerprint density at radius 3 is 2.36 bits per heavy atom. The van der Waals surface area contributed by atoms with Gasteiger partial charge in [-0.1, -0.05) is 30.3 Å². The fraction of sp³-hybridized carbons (Fsp3) is 0.409. The molecule has 28 heavy (non-hydrogen) atoms. The number of amides is 1. The Labute approximate surface area is 164 Å². The maximum absolute atomic E-state index is 12.9. The van der Waals surface area contributed by atoms with E-state index in [2.05, 4.69) is 0 Å². The highest BCUT2D eigenvalue weighted by molar-refractivity contribution is 6.02. The number of likely N-dealkylation sites (tertiary alicyclic amines) is 1. The molecule has 0 N–H and O–H groups in total. The predicted molar refractivity (Wildman–Crippen MR) is 103 cm³/mol. The standard InChI is InChI=1S/C22H25NO5/c1-13-12-17(21(25)27-3)19(22(26)28-4)16-10-11-18(24)23(20(13)16)14(2)15-8-6-5-7-9-15/h5-9,14,16H,10-12H2,1-4H3/t14-,16-/m0/s1. The van der Waals surface area contributed by atoms with E-state index in [1.165, 1.54) is 14.2 Å². The molecule has 3 rings (SSSR count). The first-order chi connectivity index (χ1) is 13.4. The number of hydrogen-bond donors (Lipinski definition) is 0. The second-order valence-electron chi connectivity index (χ2n) is 7.16. The largest absolute Gasteiger partial charge is 0.466 e. The van der Waals surface area contributed by atoms with Gasteiger partial charge in [-0.15, -0.1) is 0 Å². The Morgan fingerprint density at radius 1 is 1.11 bits per heavy atom. The van der Waals surface area contributed by atoms with Gasteiger partial charge in [0.15, 0.2) is 0 Å². The van der Waals surface area contributed by atoms with E-state index in [-0.39, 0.29) is 24.3 Å². The molecular formula is C22H25NO5. The van der Waals surface area contributed by atoms with Gasteiger partial charge in [0.25, 0.3) is 0 Å². The third-order valence-corrected chi connectivity index (χ3v) is 5.56. The van der Waals surface area contributed by atoms with E-state index in [4.69, 9.17) is 9.47 Å². The van der Waals surface area contributed by atoms with Crippen molar-refractivity contribution in [2.75, 3.05) is 14.2 Å². The Balaban J connectivity index is 2.10. The highest BCUT2D eigenvalue weighted by Crippen LogP contribution is 2.45. The van der Waals surface area contributed by atoms with Gasteiger partial charge in [-0.05, 0) is 31.4 Å². The topological polar surface area (TPSA) is 72.9 Å². The molecule has 0 radical (unpaired) electrons. The number of piperidine rings is 1. The third kappa shape index (κ3) is 3.35. The second-order valence-corrected chi connectivity index (χ2v) is 7.16. The molecule has 2 aliphatic rings. The lowest BCUT2D eigenvalue weighted by molar-refractivity contribution is -0.141. The van der Waals surface area contributed by atoms with Crippen molar-refractivity contribution in [2.45, 2.75) is 39.2 Å². The summed E-state index contributed by atoms with van der Waals surface area (Å²) in [4.78, 5) is 39.6. The quantitative estimate of drug-likeness (QED) is 0.746. The number of fused-ring (bicyclic) bond motifs is 1. The molecule has 1 saturated heterocycles. The zero-order valence-corrected chi connectivity index (χ0v) is 16.7. The maximum Gasteiger partial charge on any atom is 0.334 e. The van der Waals surface area contributed by atoms with E-state index in [1.54, 1.807) is 4.90 Å². The zero-order valence-electron chi connectivity index (χ0n) is 16.7. The SMILES string of the molecule is COC(=O)C1=C(C(=O)OC)[C@@H]2CCC(=O)N([C@@H](C)c3ccccc3)C2=C(C)C1. The van der Waals surface area contributed by atoms with Gasteiger partial charge in [-0.2, -0.15) is 0 Å². The van der Waals surface area contributed by atoms with Crippen LogP contribution in [0.3, 0.4) is 0 Å². The van der Waals surface area contributed by atoms with E-state index in [9.17, 15) is 14.4 Å². The average molecular weight is 383 g/mol. The molecule has 6 heteroatoms. The number of methoxy groups -OCH3 is 2. The molecule has 0 bridgehead atoms. The first kappa shape index (κ1) is 19.9. The van der Waals surface area contributed by atoms with Crippen LogP contribution in [-0.2, 0) is 23.9 Å². The van der Waals surface area contributed by atoms with Crippen molar-refractivity contribution in [3.05, 3.63) is 58.3 Å². The molecule has 0 spiro atoms. The van der Waals surface area contributed by atoms with E-state index >= 15 is 0 Å². The van der Waals surface area contributed by atoms with Gasteiger partial charge in [-0.3, -0.25) is 4.79 Å². The predicted octanol–water partition coefficient (Wildman–Crippen LogP) is 3.31. The number of allylic oxidation sites excluding steroid dienone is 2. The molecule has 1 aliphatic carbocycles. The summed E-state index contributed by atoms with van der Waals surface area (Å²) in [5.74, 6) is -1.41. The van der Waals surface area contributed by atoms with Gasteiger partial charge in [0.1, 0.15) is 0 Å². The lowest BCUT2D eigenvalue weighted by Gasteiger charge is -2.43. The highest BCUT2D eigenvalue weighted by Gasteiger charge is 2.44. The molecule has 0 saturated carbocycles. The molecule has 0 unspecified atom stereocenters. The molecule has 1 amide bonds. The lowest BCUT2D eigenvalue weighted by Crippen LogP contribution is -2.43. The zero-order chi connectivity index (χ0) is 20.4. The molecule has 148 valence electrons. The average Bonchev–Trinajstić information content (AvgIpc) is 2.72. The lowest BCUT2D eigenvalue weighted by atomic mass is 9.76. The van der Waals surface area contributed by atoms with E-state index < -0.39 is 11.9 Å². The Bertz CT molecular complexity index is 868. The monoisotopic (exact) mass is 383 g/mol. The molecule has 6 nitrogen and oxygen atoms in total. The Morgan fingerprint density at radius 2 is 1.75 bits per heavy atom. The number of carbonyl (C=O) groups is 3. The smallest absolute Gasteiger partial charge is 0.334 e. The molecule has 1 fully saturated rings. The van der Waals surface area contributed by atoms with Crippen LogP contribution in [0.5, 0.6) is 0 Å². The van der Waals surface area contributed by atoms with Crippen molar-refractivity contribution in [3.8, 4) is 0 Å². The summed E-state index contributed by atoms with van der Waals surface area (Å²) in [5.41, 5.74) is 3.35. The van der Waals surface area contributed by atoms with E-state index in [1.807, 2.05) is 44.2 Å². The van der Waals surface area contributed by atoms with Gasteiger partial charge < -0.3 is 14.4 Å². The van der Waals surface area contributed by atoms with Crippen molar-refractivity contribution in [1.29, 1.82) is 0 Å². The van der Waals surface area contributed by atoms with Crippen LogP contribution in [-0.4, -0.2) is 37.0 Å². The minimum atomic E-state index is -0.544. The minimum absolute atomic E-state index is 0.0210. The summed E-state index contributed by atoms with van der Waals surface area (Å²) < 4.78 is 9.88. The fourth-order valence-corrected chi connectivity index (χ4v) is 4.26. The van der Waals surface area contributed by atoms with Gasteiger partial charge in [0, 0.05) is 24.5 Å². The molecule has 2 atom stereocenters. The van der Waals surface area contributed by atoms with Gasteiger partial charge >= 0.3 is 11.9 Å². The number of benzene rings is 1. The van der Waals surface area contributed by atoms with Crippen LogP contribution in [0.4, 0.5) is 0 Å². The summed E-state index contributed by atoms with van der Waals surface area (Å²) in [5, 5.41) is 0. The highest BCUT2D eigenvalue weighted by atomic mass is 16.5. The van der Waals surface area contributed by atoms with Gasteiger partial charge in [-0.25, -0.2) is 9.59 Å². The number of ether oxygens (including phenoxy) is 2. The minimum Gasteiger partial charge on any atom is -0.466 e. The van der Waals surface area contributed by atoms with Crippen LogP contribution in [0.1, 0.15) is 44.7 Å². The van der Waals surface area contributed by atoms with Crippen LogP contribution in [0.15, 0.2) is 52.7 Å². The molecular weight excluding hydrogens is 358 g/mol. The van der Waals surface area contributed by atoms with Crippen LogP contribution < -0.4 is 0 Å². The first-order valence-corrected chi connectivity index (χ1v) is 9.37. The van der Waals surface area contributed by atoms with E-state index in [0.717, 1.165) is 16.8 Å². The second kappa shape index (κ2) is 8.00. The molecule has 1 aromatic carbocycles. The van der Waals surface area contributed by atoms with Crippen LogP contribution in [0.2, 0.25) is 0 Å². The first-order valence-electron chi connectivity index (χ1n) is 9.37. The van der Waals surface area contributed by atoms with Crippen molar-refractivity contribution in [3.63, 3.8) is 0 Å². The van der Waals surface area contributed by atoms with Gasteiger partial charge in [0.2, 0.25) is 5.91 Å². The van der Waals surface area contributed by atoms with Crippen LogP contribution in [0.25, 0.3) is 0 Å². The van der Waals surface area contributed by atoms with Crippen molar-refractivity contribution < 1.29 is 23.9 Å².